The molecule has 5 nitrogen and oxygen atoms in total. The van der Waals surface area contributed by atoms with Gasteiger partial charge in [0.2, 0.25) is 11.8 Å². The molecule has 1 fully saturated rings. The fraction of sp³-hybridized carbons (Fsp3) is 0.318. The first-order valence-electron chi connectivity index (χ1n) is 9.43. The smallest absolute Gasteiger partial charge is 0.231 e. The fourth-order valence-electron chi connectivity index (χ4n) is 3.14. The molecule has 1 aliphatic carbocycles. The lowest BCUT2D eigenvalue weighted by atomic mass is 10.1. The molecular weight excluding hydrogens is 338 g/mol. The normalized spacial score (nSPS) is 13.5. The minimum atomic E-state index is 0.00755. The number of hydrogen-bond acceptors (Lipinski definition) is 4. The van der Waals surface area contributed by atoms with Crippen LogP contribution in [0.1, 0.15) is 53.6 Å². The second-order valence-electron chi connectivity index (χ2n) is 7.19. The van der Waals surface area contributed by atoms with Gasteiger partial charge in [-0.15, -0.1) is 0 Å². The molecule has 1 heterocycles. The molecule has 1 amide bonds. The Balaban J connectivity index is 1.38. The third-order valence-corrected chi connectivity index (χ3v) is 4.78. The first-order valence-corrected chi connectivity index (χ1v) is 9.43. The number of carbonyl (C=O) groups is 1. The molecule has 0 radical (unpaired) electrons. The van der Waals surface area contributed by atoms with E-state index in [-0.39, 0.29) is 5.91 Å². The van der Waals surface area contributed by atoms with Crippen molar-refractivity contribution in [3.8, 4) is 0 Å². The van der Waals surface area contributed by atoms with E-state index in [4.69, 9.17) is 4.52 Å². The quantitative estimate of drug-likeness (QED) is 0.676. The zero-order valence-corrected chi connectivity index (χ0v) is 15.4. The Morgan fingerprint density at radius 1 is 1.19 bits per heavy atom. The Morgan fingerprint density at radius 3 is 2.85 bits per heavy atom. The molecular formula is C22H23N3O2. The number of para-hydroxylation sites is 1. The maximum absolute atomic E-state index is 12.4. The molecule has 1 N–H and O–H groups in total. The van der Waals surface area contributed by atoms with Crippen LogP contribution >= 0.6 is 0 Å². The molecule has 1 aliphatic rings. The van der Waals surface area contributed by atoms with Crippen LogP contribution in [-0.2, 0) is 17.6 Å². The lowest BCUT2D eigenvalue weighted by Crippen LogP contribution is -2.14. The zero-order valence-electron chi connectivity index (χ0n) is 15.4. The van der Waals surface area contributed by atoms with Crippen LogP contribution in [0, 0.1) is 6.92 Å². The number of rotatable bonds is 7. The van der Waals surface area contributed by atoms with Crippen LogP contribution < -0.4 is 5.32 Å². The van der Waals surface area contributed by atoms with E-state index in [9.17, 15) is 4.79 Å². The monoisotopic (exact) mass is 361 g/mol. The second kappa shape index (κ2) is 7.74. The van der Waals surface area contributed by atoms with E-state index in [0.717, 1.165) is 36.3 Å². The molecule has 0 atom stereocenters. The number of carbonyl (C=O) groups excluding carboxylic acids is 1. The van der Waals surface area contributed by atoms with Crippen molar-refractivity contribution in [3.05, 3.63) is 76.9 Å². The van der Waals surface area contributed by atoms with Crippen molar-refractivity contribution in [2.45, 2.75) is 44.9 Å². The van der Waals surface area contributed by atoms with Crippen LogP contribution in [0.15, 0.2) is 53.1 Å². The average molecular weight is 361 g/mol. The van der Waals surface area contributed by atoms with Crippen molar-refractivity contribution >= 4 is 11.6 Å². The average Bonchev–Trinajstić information content (AvgIpc) is 3.41. The third-order valence-electron chi connectivity index (χ3n) is 4.78. The predicted octanol–water partition coefficient (Wildman–Crippen LogP) is 4.42. The number of benzene rings is 2. The van der Waals surface area contributed by atoms with Gasteiger partial charge in [-0.05, 0) is 43.4 Å². The SMILES string of the molecule is Cc1cccc(CCC(=O)Nc2ccccc2Cc2nc(C3CC3)no2)c1. The van der Waals surface area contributed by atoms with Gasteiger partial charge in [-0.2, -0.15) is 4.98 Å². The second-order valence-corrected chi connectivity index (χ2v) is 7.19. The molecule has 0 aliphatic heterocycles. The summed E-state index contributed by atoms with van der Waals surface area (Å²) in [5.41, 5.74) is 4.17. The first kappa shape index (κ1) is 17.5. The van der Waals surface area contributed by atoms with E-state index in [1.165, 1.54) is 11.1 Å². The van der Waals surface area contributed by atoms with Crippen LogP contribution in [0.4, 0.5) is 5.69 Å². The lowest BCUT2D eigenvalue weighted by molar-refractivity contribution is -0.116. The molecule has 3 aromatic rings. The minimum Gasteiger partial charge on any atom is -0.339 e. The molecule has 2 aromatic carbocycles. The van der Waals surface area contributed by atoms with Gasteiger partial charge in [0.1, 0.15) is 0 Å². The Hall–Kier alpha value is -2.95. The summed E-state index contributed by atoms with van der Waals surface area (Å²) in [6, 6.07) is 16.0. The van der Waals surface area contributed by atoms with Gasteiger partial charge in [0, 0.05) is 18.0 Å². The Labute approximate surface area is 158 Å². The molecule has 1 saturated carbocycles. The molecule has 0 spiro atoms. The molecule has 0 bridgehead atoms. The number of nitrogens with one attached hydrogen (secondary N) is 1. The van der Waals surface area contributed by atoms with E-state index >= 15 is 0 Å². The van der Waals surface area contributed by atoms with Crippen LogP contribution in [0.25, 0.3) is 0 Å². The lowest BCUT2D eigenvalue weighted by Gasteiger charge is -2.10. The molecule has 138 valence electrons. The van der Waals surface area contributed by atoms with Gasteiger partial charge >= 0.3 is 0 Å². The van der Waals surface area contributed by atoms with E-state index in [0.29, 0.717) is 24.7 Å². The predicted molar refractivity (Wildman–Crippen MR) is 104 cm³/mol. The standard InChI is InChI=1S/C22H23N3O2/c1-15-5-4-6-16(13-15)9-12-20(26)23-19-8-3-2-7-18(19)14-21-24-22(25-27-21)17-10-11-17/h2-8,13,17H,9-12,14H2,1H3,(H,23,26). The van der Waals surface area contributed by atoms with Crippen LogP contribution in [0.5, 0.6) is 0 Å². The van der Waals surface area contributed by atoms with Crippen molar-refractivity contribution in [2.75, 3.05) is 5.32 Å². The molecule has 4 rings (SSSR count). The molecule has 1 aromatic heterocycles. The van der Waals surface area contributed by atoms with Crippen molar-refractivity contribution < 1.29 is 9.32 Å². The number of anilines is 1. The van der Waals surface area contributed by atoms with Crippen LogP contribution in [0.3, 0.4) is 0 Å². The first-order chi connectivity index (χ1) is 13.2. The van der Waals surface area contributed by atoms with Gasteiger partial charge in [0.15, 0.2) is 5.82 Å². The zero-order chi connectivity index (χ0) is 18.6. The summed E-state index contributed by atoms with van der Waals surface area (Å²) < 4.78 is 5.37. The largest absolute Gasteiger partial charge is 0.339 e. The molecule has 0 unspecified atom stereocenters. The molecule has 0 saturated heterocycles. The van der Waals surface area contributed by atoms with Gasteiger partial charge in [-0.25, -0.2) is 0 Å². The van der Waals surface area contributed by atoms with Crippen molar-refractivity contribution in [2.24, 2.45) is 0 Å². The van der Waals surface area contributed by atoms with Crippen molar-refractivity contribution in [3.63, 3.8) is 0 Å². The highest BCUT2D eigenvalue weighted by atomic mass is 16.5. The van der Waals surface area contributed by atoms with E-state index in [1.807, 2.05) is 30.3 Å². The van der Waals surface area contributed by atoms with Crippen LogP contribution in [-0.4, -0.2) is 16.0 Å². The highest BCUT2D eigenvalue weighted by Crippen LogP contribution is 2.38. The number of nitrogens with zero attached hydrogens (tertiary/aromatic N) is 2. The van der Waals surface area contributed by atoms with E-state index in [1.54, 1.807) is 0 Å². The highest BCUT2D eigenvalue weighted by molar-refractivity contribution is 5.91. The molecule has 27 heavy (non-hydrogen) atoms. The number of aryl methyl sites for hydroxylation is 2. The van der Waals surface area contributed by atoms with Gasteiger partial charge in [0.25, 0.3) is 0 Å². The van der Waals surface area contributed by atoms with Crippen molar-refractivity contribution in [1.29, 1.82) is 0 Å². The summed E-state index contributed by atoms with van der Waals surface area (Å²) in [5, 5.41) is 7.09. The maximum Gasteiger partial charge on any atom is 0.231 e. The van der Waals surface area contributed by atoms with Gasteiger partial charge < -0.3 is 9.84 Å². The number of amides is 1. The van der Waals surface area contributed by atoms with Crippen molar-refractivity contribution in [1.82, 2.24) is 10.1 Å². The van der Waals surface area contributed by atoms with Gasteiger partial charge in [-0.3, -0.25) is 4.79 Å². The number of aromatic nitrogens is 2. The van der Waals surface area contributed by atoms with E-state index in [2.05, 4.69) is 40.6 Å². The maximum atomic E-state index is 12.4. The summed E-state index contributed by atoms with van der Waals surface area (Å²) >= 11 is 0. The Kier molecular flexibility index (Phi) is 5.01. The van der Waals surface area contributed by atoms with Crippen LogP contribution in [0.2, 0.25) is 0 Å². The summed E-state index contributed by atoms with van der Waals surface area (Å²) in [6.07, 6.45) is 3.99. The van der Waals surface area contributed by atoms with E-state index < -0.39 is 0 Å². The summed E-state index contributed by atoms with van der Waals surface area (Å²) in [6.45, 7) is 2.06. The highest BCUT2D eigenvalue weighted by Gasteiger charge is 2.28. The topological polar surface area (TPSA) is 68.0 Å². The molecule has 5 heteroatoms. The number of hydrogen-bond donors (Lipinski definition) is 1. The fourth-order valence-corrected chi connectivity index (χ4v) is 3.14. The minimum absolute atomic E-state index is 0.00755. The third kappa shape index (κ3) is 4.61. The summed E-state index contributed by atoms with van der Waals surface area (Å²) in [7, 11) is 0. The Morgan fingerprint density at radius 2 is 2.04 bits per heavy atom. The summed E-state index contributed by atoms with van der Waals surface area (Å²) in [4.78, 5) is 16.9. The summed E-state index contributed by atoms with van der Waals surface area (Å²) in [5.74, 6) is 1.88. The Bertz CT molecular complexity index is 944. The van der Waals surface area contributed by atoms with Gasteiger partial charge in [0.05, 0.1) is 6.42 Å². The van der Waals surface area contributed by atoms with Gasteiger partial charge in [-0.1, -0.05) is 53.2 Å².